The summed E-state index contributed by atoms with van der Waals surface area (Å²) >= 11 is 1.41. The van der Waals surface area contributed by atoms with Crippen LogP contribution in [0.5, 0.6) is 0 Å². The normalized spacial score (nSPS) is 21.6. The van der Waals surface area contributed by atoms with E-state index >= 15 is 0 Å². The van der Waals surface area contributed by atoms with E-state index in [1.165, 1.54) is 11.3 Å². The minimum Gasteiger partial charge on any atom is -0.481 e. The number of rotatable bonds is 3. The van der Waals surface area contributed by atoms with Crippen LogP contribution in [0.3, 0.4) is 0 Å². The highest BCUT2D eigenvalue weighted by Gasteiger charge is 2.43. The molecule has 4 heteroatoms. The molecule has 0 saturated heterocycles. The van der Waals surface area contributed by atoms with Crippen LogP contribution in [-0.4, -0.2) is 21.8 Å². The van der Waals surface area contributed by atoms with Gasteiger partial charge in [-0.3, -0.25) is 4.79 Å². The number of thiophene rings is 1. The quantitative estimate of drug-likeness (QED) is 0.853. The van der Waals surface area contributed by atoms with E-state index in [2.05, 4.69) is 0 Å². The summed E-state index contributed by atoms with van der Waals surface area (Å²) in [5.74, 6) is -1.67. The number of aliphatic carboxylic acids is 1. The maximum absolute atomic E-state index is 11.3. The van der Waals surface area contributed by atoms with Crippen LogP contribution < -0.4 is 0 Å². The fourth-order valence-electron chi connectivity index (χ4n) is 2.52. The Bertz CT molecular complexity index is 352. The molecule has 0 aromatic carbocycles. The van der Waals surface area contributed by atoms with Crippen molar-refractivity contribution in [2.75, 3.05) is 0 Å². The lowest BCUT2D eigenvalue weighted by Crippen LogP contribution is -2.41. The van der Waals surface area contributed by atoms with Gasteiger partial charge in [-0.05, 0) is 24.3 Å². The second kappa shape index (κ2) is 4.55. The molecule has 1 atom stereocenters. The summed E-state index contributed by atoms with van der Waals surface area (Å²) in [7, 11) is 0. The van der Waals surface area contributed by atoms with Gasteiger partial charge in [0.2, 0.25) is 0 Å². The number of hydrogen-bond donors (Lipinski definition) is 2. The van der Waals surface area contributed by atoms with Crippen molar-refractivity contribution >= 4 is 17.3 Å². The highest BCUT2D eigenvalue weighted by molar-refractivity contribution is 7.10. The van der Waals surface area contributed by atoms with E-state index < -0.39 is 17.5 Å². The van der Waals surface area contributed by atoms with Crippen molar-refractivity contribution in [1.82, 2.24) is 0 Å². The van der Waals surface area contributed by atoms with Crippen molar-refractivity contribution in [3.05, 3.63) is 22.4 Å². The average Bonchev–Trinajstić information content (AvgIpc) is 2.71. The summed E-state index contributed by atoms with van der Waals surface area (Å²) in [5, 5.41) is 21.7. The molecule has 0 amide bonds. The molecule has 3 nitrogen and oxygen atoms in total. The van der Waals surface area contributed by atoms with E-state index in [0.717, 1.165) is 24.1 Å². The second-order valence-corrected chi connectivity index (χ2v) is 5.43. The summed E-state index contributed by atoms with van der Waals surface area (Å²) in [5.41, 5.74) is -1.05. The van der Waals surface area contributed by atoms with E-state index in [4.69, 9.17) is 0 Å². The van der Waals surface area contributed by atoms with Gasteiger partial charge in [0, 0.05) is 4.88 Å². The summed E-state index contributed by atoms with van der Waals surface area (Å²) < 4.78 is 0. The molecule has 2 rings (SSSR count). The summed E-state index contributed by atoms with van der Waals surface area (Å²) in [6, 6.07) is 3.64. The first-order valence-electron chi connectivity index (χ1n) is 5.62. The molecular weight excluding hydrogens is 224 g/mol. The largest absolute Gasteiger partial charge is 0.481 e. The van der Waals surface area contributed by atoms with Gasteiger partial charge in [-0.25, -0.2) is 0 Å². The number of carbonyl (C=O) groups is 1. The highest BCUT2D eigenvalue weighted by atomic mass is 32.1. The molecule has 1 heterocycles. The molecule has 0 unspecified atom stereocenters. The Labute approximate surface area is 98.7 Å². The van der Waals surface area contributed by atoms with Crippen molar-refractivity contribution in [3.8, 4) is 0 Å². The van der Waals surface area contributed by atoms with Crippen molar-refractivity contribution in [2.24, 2.45) is 0 Å². The molecule has 0 bridgehead atoms. The topological polar surface area (TPSA) is 57.5 Å². The molecule has 1 saturated carbocycles. The third-order valence-electron chi connectivity index (χ3n) is 3.33. The second-order valence-electron chi connectivity index (χ2n) is 4.45. The van der Waals surface area contributed by atoms with Crippen LogP contribution >= 0.6 is 11.3 Å². The zero-order valence-corrected chi connectivity index (χ0v) is 9.87. The van der Waals surface area contributed by atoms with Crippen LogP contribution in [0.15, 0.2) is 17.5 Å². The molecule has 0 spiro atoms. The molecule has 1 fully saturated rings. The van der Waals surface area contributed by atoms with E-state index in [1.54, 1.807) is 6.07 Å². The standard InChI is InChI=1S/C12H16O3S/c13-11(14)10(9-5-4-8-16-9)12(15)6-2-1-3-7-12/h4-5,8,10,15H,1-3,6-7H2,(H,13,14)/t10-/m0/s1. The Morgan fingerprint density at radius 2 is 2.06 bits per heavy atom. The Morgan fingerprint density at radius 3 is 2.56 bits per heavy atom. The predicted molar refractivity (Wildman–Crippen MR) is 62.7 cm³/mol. The van der Waals surface area contributed by atoms with Gasteiger partial charge in [-0.15, -0.1) is 11.3 Å². The SMILES string of the molecule is O=C(O)[C@H](c1cccs1)C1(O)CCCCC1. The van der Waals surface area contributed by atoms with Gasteiger partial charge >= 0.3 is 5.97 Å². The van der Waals surface area contributed by atoms with Crippen molar-refractivity contribution in [3.63, 3.8) is 0 Å². The van der Waals surface area contributed by atoms with E-state index in [1.807, 2.05) is 11.4 Å². The average molecular weight is 240 g/mol. The maximum Gasteiger partial charge on any atom is 0.314 e. The van der Waals surface area contributed by atoms with Crippen molar-refractivity contribution in [1.29, 1.82) is 0 Å². The third-order valence-corrected chi connectivity index (χ3v) is 4.27. The van der Waals surface area contributed by atoms with Crippen LogP contribution in [0.1, 0.15) is 42.9 Å². The van der Waals surface area contributed by atoms with Gasteiger partial charge in [0.1, 0.15) is 5.92 Å². The van der Waals surface area contributed by atoms with Gasteiger partial charge < -0.3 is 10.2 Å². The van der Waals surface area contributed by atoms with Gasteiger partial charge in [-0.2, -0.15) is 0 Å². The molecule has 88 valence electrons. The summed E-state index contributed by atoms with van der Waals surface area (Å²) in [6.45, 7) is 0. The molecule has 1 aliphatic rings. The number of hydrogen-bond acceptors (Lipinski definition) is 3. The Hall–Kier alpha value is -0.870. The fourth-order valence-corrected chi connectivity index (χ4v) is 3.45. The van der Waals surface area contributed by atoms with Crippen LogP contribution in [0.4, 0.5) is 0 Å². The number of aliphatic hydroxyl groups is 1. The van der Waals surface area contributed by atoms with E-state index in [-0.39, 0.29) is 0 Å². The maximum atomic E-state index is 11.3. The molecule has 1 aromatic heterocycles. The zero-order chi connectivity index (χ0) is 11.6. The van der Waals surface area contributed by atoms with Crippen LogP contribution in [0.2, 0.25) is 0 Å². The van der Waals surface area contributed by atoms with Gasteiger partial charge in [0.05, 0.1) is 5.60 Å². The first kappa shape index (κ1) is 11.6. The first-order valence-corrected chi connectivity index (χ1v) is 6.50. The van der Waals surface area contributed by atoms with Crippen LogP contribution in [-0.2, 0) is 4.79 Å². The van der Waals surface area contributed by atoms with Crippen LogP contribution in [0, 0.1) is 0 Å². The van der Waals surface area contributed by atoms with Gasteiger partial charge in [0.15, 0.2) is 0 Å². The third kappa shape index (κ3) is 2.13. The molecule has 16 heavy (non-hydrogen) atoms. The molecule has 1 aromatic rings. The Morgan fingerprint density at radius 1 is 1.38 bits per heavy atom. The fraction of sp³-hybridized carbons (Fsp3) is 0.583. The number of carboxylic acid groups (broad SMARTS) is 1. The number of carboxylic acids is 1. The van der Waals surface area contributed by atoms with Crippen molar-refractivity contribution in [2.45, 2.75) is 43.6 Å². The molecule has 1 aliphatic carbocycles. The predicted octanol–water partition coefficient (Wildman–Crippen LogP) is 2.61. The molecule has 0 radical (unpaired) electrons. The van der Waals surface area contributed by atoms with E-state index in [0.29, 0.717) is 12.8 Å². The smallest absolute Gasteiger partial charge is 0.314 e. The lowest BCUT2D eigenvalue weighted by molar-refractivity contribution is -0.147. The monoisotopic (exact) mass is 240 g/mol. The van der Waals surface area contributed by atoms with Crippen molar-refractivity contribution < 1.29 is 15.0 Å². The first-order chi connectivity index (χ1) is 7.63. The summed E-state index contributed by atoms with van der Waals surface area (Å²) in [4.78, 5) is 12.1. The van der Waals surface area contributed by atoms with Crippen LogP contribution in [0.25, 0.3) is 0 Å². The minimum absolute atomic E-state index is 0.599. The Kier molecular flexibility index (Phi) is 3.30. The molecule has 2 N–H and O–H groups in total. The highest BCUT2D eigenvalue weighted by Crippen LogP contribution is 2.41. The molecule has 0 aliphatic heterocycles. The lowest BCUT2D eigenvalue weighted by Gasteiger charge is -2.36. The van der Waals surface area contributed by atoms with Gasteiger partial charge in [0.25, 0.3) is 0 Å². The Balaban J connectivity index is 2.28. The minimum atomic E-state index is -1.05. The van der Waals surface area contributed by atoms with E-state index in [9.17, 15) is 15.0 Å². The van der Waals surface area contributed by atoms with Gasteiger partial charge in [-0.1, -0.05) is 25.3 Å². The zero-order valence-electron chi connectivity index (χ0n) is 9.06. The summed E-state index contributed by atoms with van der Waals surface area (Å²) in [6.07, 6.45) is 4.14. The lowest BCUT2D eigenvalue weighted by atomic mass is 9.75. The molecular formula is C12H16O3S.